The van der Waals surface area contributed by atoms with Crippen LogP contribution in [-0.2, 0) is 0 Å². The van der Waals surface area contributed by atoms with E-state index in [-0.39, 0.29) is 5.69 Å². The zero-order valence-electron chi connectivity index (χ0n) is 16.6. The Balaban J connectivity index is 1.59. The molecule has 9 nitrogen and oxygen atoms in total. The van der Waals surface area contributed by atoms with Crippen LogP contribution in [0.2, 0.25) is 0 Å². The first-order valence-electron chi connectivity index (χ1n) is 9.86. The lowest BCUT2D eigenvalue weighted by Gasteiger charge is -2.11. The lowest BCUT2D eigenvalue weighted by Crippen LogP contribution is -2.22. The number of rotatable bonds is 6. The predicted molar refractivity (Wildman–Crippen MR) is 116 cm³/mol. The van der Waals surface area contributed by atoms with E-state index in [9.17, 15) is 4.79 Å². The second kappa shape index (κ2) is 7.18. The minimum Gasteiger partial charge on any atom is -0.370 e. The number of imidazole rings is 1. The van der Waals surface area contributed by atoms with Gasteiger partial charge < -0.3 is 20.6 Å². The molecule has 0 spiro atoms. The Morgan fingerprint density at radius 3 is 2.83 bits per heavy atom. The lowest BCUT2D eigenvalue weighted by molar-refractivity contribution is 0.857. The van der Waals surface area contributed by atoms with Crippen LogP contribution in [0.1, 0.15) is 24.0 Å². The fraction of sp³-hybridized carbons (Fsp3) is 0.238. The van der Waals surface area contributed by atoms with Crippen LogP contribution in [0.25, 0.3) is 18.3 Å². The van der Waals surface area contributed by atoms with Gasteiger partial charge in [0, 0.05) is 24.4 Å². The number of aryl methyl sites for hydroxylation is 1. The number of fused-ring (bicyclic) bond motifs is 1. The second-order valence-corrected chi connectivity index (χ2v) is 7.65. The third-order valence-corrected chi connectivity index (χ3v) is 5.07. The molecule has 1 aliphatic carbocycles. The molecule has 1 aliphatic rings. The Morgan fingerprint density at radius 1 is 1.27 bits per heavy atom. The van der Waals surface area contributed by atoms with E-state index in [1.807, 2.05) is 37.4 Å². The van der Waals surface area contributed by atoms with E-state index in [0.717, 1.165) is 23.5 Å². The molecule has 0 aliphatic heterocycles. The number of aromatic nitrogens is 6. The number of aromatic amines is 2. The molecule has 9 heteroatoms. The number of pyridine rings is 1. The van der Waals surface area contributed by atoms with Crippen molar-refractivity contribution in [3.63, 3.8) is 0 Å². The highest BCUT2D eigenvalue weighted by atomic mass is 16.1. The molecule has 152 valence electrons. The van der Waals surface area contributed by atoms with Gasteiger partial charge in [0.25, 0.3) is 0 Å². The van der Waals surface area contributed by atoms with Gasteiger partial charge in [-0.25, -0.2) is 14.8 Å². The largest absolute Gasteiger partial charge is 0.370 e. The van der Waals surface area contributed by atoms with Crippen molar-refractivity contribution in [3.8, 4) is 0 Å². The summed E-state index contributed by atoms with van der Waals surface area (Å²) < 4.78 is 1.77. The van der Waals surface area contributed by atoms with Gasteiger partial charge in [-0.15, -0.1) is 0 Å². The zero-order valence-corrected chi connectivity index (χ0v) is 16.6. The van der Waals surface area contributed by atoms with Gasteiger partial charge in [0.05, 0.1) is 16.9 Å². The Morgan fingerprint density at radius 2 is 2.13 bits per heavy atom. The molecule has 5 rings (SSSR count). The Labute approximate surface area is 171 Å². The van der Waals surface area contributed by atoms with Crippen LogP contribution in [0.5, 0.6) is 0 Å². The number of hydrogen-bond donors (Lipinski definition) is 4. The molecule has 0 saturated heterocycles. The van der Waals surface area contributed by atoms with Crippen molar-refractivity contribution in [3.05, 3.63) is 62.9 Å². The summed E-state index contributed by atoms with van der Waals surface area (Å²) in [6, 6.07) is 5.84. The monoisotopic (exact) mass is 402 g/mol. The van der Waals surface area contributed by atoms with E-state index < -0.39 is 0 Å². The van der Waals surface area contributed by atoms with Crippen LogP contribution >= 0.6 is 0 Å². The summed E-state index contributed by atoms with van der Waals surface area (Å²) in [5.74, 6) is 2.93. The number of nitrogens with one attached hydrogen (secondary N) is 4. The maximum absolute atomic E-state index is 11.6. The maximum atomic E-state index is 11.6. The maximum Gasteiger partial charge on any atom is 0.323 e. The SMILES string of the molecule is C=c1[nH]c(=O)[nH]/c1=C\c1cnn2c(NCC3CC3)cc(Nc3ccc(C)cn3)nc12. The van der Waals surface area contributed by atoms with Crippen LogP contribution in [0.15, 0.2) is 35.4 Å². The molecule has 0 radical (unpaired) electrons. The van der Waals surface area contributed by atoms with Crippen LogP contribution < -0.4 is 27.0 Å². The molecule has 0 unspecified atom stereocenters. The summed E-state index contributed by atoms with van der Waals surface area (Å²) in [6.07, 6.45) is 7.86. The van der Waals surface area contributed by atoms with E-state index in [0.29, 0.717) is 33.9 Å². The Kier molecular flexibility index (Phi) is 4.35. The van der Waals surface area contributed by atoms with Crippen molar-refractivity contribution < 1.29 is 0 Å². The van der Waals surface area contributed by atoms with Crippen molar-refractivity contribution in [2.75, 3.05) is 17.2 Å². The van der Waals surface area contributed by atoms with Gasteiger partial charge in [-0.1, -0.05) is 12.6 Å². The molecule has 0 aromatic carbocycles. The van der Waals surface area contributed by atoms with Gasteiger partial charge in [-0.3, -0.25) is 0 Å². The Hall–Kier alpha value is -3.88. The fourth-order valence-electron chi connectivity index (χ4n) is 3.23. The van der Waals surface area contributed by atoms with Gasteiger partial charge in [-0.05, 0) is 43.4 Å². The highest BCUT2D eigenvalue weighted by Gasteiger charge is 2.21. The average Bonchev–Trinajstić information content (AvgIpc) is 3.39. The Bertz CT molecular complexity index is 1380. The van der Waals surface area contributed by atoms with Gasteiger partial charge in [0.15, 0.2) is 5.65 Å². The molecular formula is C21H22N8O. The topological polar surface area (TPSA) is 116 Å². The van der Waals surface area contributed by atoms with Gasteiger partial charge >= 0.3 is 5.69 Å². The van der Waals surface area contributed by atoms with Crippen LogP contribution in [-0.4, -0.2) is 36.1 Å². The fourth-order valence-corrected chi connectivity index (χ4v) is 3.23. The smallest absolute Gasteiger partial charge is 0.323 e. The van der Waals surface area contributed by atoms with Crippen molar-refractivity contribution >= 4 is 35.8 Å². The molecule has 4 aromatic rings. The highest BCUT2D eigenvalue weighted by Crippen LogP contribution is 2.29. The number of nitrogens with zero attached hydrogens (tertiary/aromatic N) is 4. The predicted octanol–water partition coefficient (Wildman–Crippen LogP) is 1.25. The van der Waals surface area contributed by atoms with Gasteiger partial charge in [0.2, 0.25) is 0 Å². The van der Waals surface area contributed by atoms with E-state index in [2.05, 4.69) is 37.3 Å². The summed E-state index contributed by atoms with van der Waals surface area (Å²) in [6.45, 7) is 6.75. The number of hydrogen-bond acceptors (Lipinski definition) is 6. The standard InChI is InChI=1S/C21H22N8O/c1-12-3-6-17(22-9-12)27-18-8-19(23-10-14-4-5-14)29-20(28-18)15(11-24-29)7-16-13(2)25-21(30)26-16/h3,6-9,11,14,23H,2,4-5,10H2,1H3,(H,22,27,28)(H2,25,26,30)/b16-7-. The molecule has 30 heavy (non-hydrogen) atoms. The minimum absolute atomic E-state index is 0.296. The highest BCUT2D eigenvalue weighted by molar-refractivity contribution is 5.70. The van der Waals surface area contributed by atoms with E-state index in [1.54, 1.807) is 10.7 Å². The van der Waals surface area contributed by atoms with E-state index in [4.69, 9.17) is 4.98 Å². The molecular weight excluding hydrogens is 380 g/mol. The summed E-state index contributed by atoms with van der Waals surface area (Å²) in [5.41, 5.74) is 2.22. The molecule has 4 N–H and O–H groups in total. The van der Waals surface area contributed by atoms with Crippen LogP contribution in [0.4, 0.5) is 17.5 Å². The molecule has 0 bridgehead atoms. The first-order valence-corrected chi connectivity index (χ1v) is 9.86. The van der Waals surface area contributed by atoms with Crippen LogP contribution in [0.3, 0.4) is 0 Å². The van der Waals surface area contributed by atoms with Crippen molar-refractivity contribution in [1.82, 2.24) is 29.5 Å². The quantitative estimate of drug-likeness (QED) is 0.386. The van der Waals surface area contributed by atoms with Crippen LogP contribution in [0, 0.1) is 12.8 Å². The molecule has 1 fully saturated rings. The second-order valence-electron chi connectivity index (χ2n) is 7.65. The summed E-state index contributed by atoms with van der Waals surface area (Å²) in [4.78, 5) is 26.1. The van der Waals surface area contributed by atoms with Crippen molar-refractivity contribution in [1.29, 1.82) is 0 Å². The zero-order chi connectivity index (χ0) is 20.7. The van der Waals surface area contributed by atoms with Crippen molar-refractivity contribution in [2.45, 2.75) is 19.8 Å². The van der Waals surface area contributed by atoms with Crippen molar-refractivity contribution in [2.24, 2.45) is 5.92 Å². The number of anilines is 3. The molecule has 0 amide bonds. The van der Waals surface area contributed by atoms with Gasteiger partial charge in [-0.2, -0.15) is 9.61 Å². The summed E-state index contributed by atoms with van der Waals surface area (Å²) in [7, 11) is 0. The van der Waals surface area contributed by atoms with E-state index in [1.165, 1.54) is 12.8 Å². The first kappa shape index (κ1) is 18.2. The minimum atomic E-state index is -0.296. The normalized spacial score (nSPS) is 14.4. The molecule has 0 atom stereocenters. The third kappa shape index (κ3) is 3.69. The summed E-state index contributed by atoms with van der Waals surface area (Å²) in [5, 5.41) is 12.4. The third-order valence-electron chi connectivity index (χ3n) is 5.07. The van der Waals surface area contributed by atoms with E-state index >= 15 is 0 Å². The average molecular weight is 402 g/mol. The molecule has 4 heterocycles. The molecule has 4 aromatic heterocycles. The number of H-pyrrole nitrogens is 2. The first-order chi connectivity index (χ1) is 14.5. The lowest BCUT2D eigenvalue weighted by atomic mass is 10.3. The molecule has 1 saturated carbocycles. The van der Waals surface area contributed by atoms with Gasteiger partial charge in [0.1, 0.15) is 17.5 Å². The summed E-state index contributed by atoms with van der Waals surface area (Å²) >= 11 is 0.